The zero-order chi connectivity index (χ0) is 15.7. The van der Waals surface area contributed by atoms with Gasteiger partial charge in [-0.15, -0.1) is 0 Å². The molecule has 0 aromatic rings. The minimum Gasteiger partial charge on any atom is -0.481 e. The van der Waals surface area contributed by atoms with Crippen molar-refractivity contribution in [3.05, 3.63) is 0 Å². The Hall–Kier alpha value is -1.26. The number of hydrogen-bond donors (Lipinski definition) is 3. The number of carboxylic acid groups (broad SMARTS) is 1. The molecular weight excluding hydrogens is 268 g/mol. The average molecular weight is 298 g/mol. The van der Waals surface area contributed by atoms with E-state index in [1.165, 1.54) is 19.3 Å². The lowest BCUT2D eigenvalue weighted by molar-refractivity contribution is -0.153. The van der Waals surface area contributed by atoms with Gasteiger partial charge in [0.25, 0.3) is 0 Å². The number of carbonyl (C=O) groups is 2. The normalized spacial score (nSPS) is 16.3. The fourth-order valence-electron chi connectivity index (χ4n) is 2.61. The van der Waals surface area contributed by atoms with E-state index in [1.54, 1.807) is 0 Å². The van der Waals surface area contributed by atoms with Gasteiger partial charge in [-0.25, -0.2) is 4.79 Å². The third-order valence-corrected chi connectivity index (χ3v) is 4.35. The van der Waals surface area contributed by atoms with Crippen molar-refractivity contribution in [1.29, 1.82) is 0 Å². The Morgan fingerprint density at radius 3 is 2.29 bits per heavy atom. The van der Waals surface area contributed by atoms with Gasteiger partial charge < -0.3 is 15.7 Å². The molecule has 1 rings (SSSR count). The minimum absolute atomic E-state index is 0.239. The second-order valence-corrected chi connectivity index (χ2v) is 6.65. The maximum absolute atomic E-state index is 11.6. The summed E-state index contributed by atoms with van der Waals surface area (Å²) in [5, 5.41) is 14.7. The molecule has 0 saturated heterocycles. The van der Waals surface area contributed by atoms with Crippen LogP contribution in [0.5, 0.6) is 0 Å². The summed E-state index contributed by atoms with van der Waals surface area (Å²) in [5.41, 5.74) is -0.714. The molecule has 0 radical (unpaired) electrons. The molecule has 122 valence electrons. The lowest BCUT2D eigenvalue weighted by atomic mass is 9.69. The van der Waals surface area contributed by atoms with Crippen LogP contribution in [0.3, 0.4) is 0 Å². The van der Waals surface area contributed by atoms with Crippen LogP contribution in [0.2, 0.25) is 0 Å². The van der Waals surface area contributed by atoms with Crippen LogP contribution in [0.15, 0.2) is 0 Å². The fourth-order valence-corrected chi connectivity index (χ4v) is 2.61. The molecule has 0 unspecified atom stereocenters. The number of unbranched alkanes of at least 4 members (excludes halogenated alkanes) is 3. The van der Waals surface area contributed by atoms with Gasteiger partial charge in [0.05, 0.1) is 5.41 Å². The first-order valence-corrected chi connectivity index (χ1v) is 8.21. The van der Waals surface area contributed by atoms with Crippen LogP contribution in [-0.2, 0) is 4.79 Å². The predicted molar refractivity (Wildman–Crippen MR) is 83.2 cm³/mol. The lowest BCUT2D eigenvalue weighted by Crippen LogP contribution is -2.49. The number of carbonyl (C=O) groups excluding carboxylic acids is 1. The summed E-state index contributed by atoms with van der Waals surface area (Å²) in [5.74, 6) is -0.0267. The van der Waals surface area contributed by atoms with Crippen molar-refractivity contribution < 1.29 is 14.7 Å². The van der Waals surface area contributed by atoms with E-state index in [-0.39, 0.29) is 12.6 Å². The van der Waals surface area contributed by atoms with E-state index in [0.717, 1.165) is 25.2 Å². The highest BCUT2D eigenvalue weighted by molar-refractivity contribution is 5.78. The van der Waals surface area contributed by atoms with E-state index < -0.39 is 11.4 Å². The monoisotopic (exact) mass is 298 g/mol. The number of amides is 2. The topological polar surface area (TPSA) is 78.4 Å². The third-order valence-electron chi connectivity index (χ3n) is 4.35. The van der Waals surface area contributed by atoms with Crippen LogP contribution in [0, 0.1) is 11.3 Å². The smallest absolute Gasteiger partial charge is 0.314 e. The molecular formula is C16H30N2O3. The fraction of sp³-hybridized carbons (Fsp3) is 0.875. The van der Waals surface area contributed by atoms with Crippen LogP contribution >= 0.6 is 0 Å². The highest BCUT2D eigenvalue weighted by Gasteiger charge is 2.44. The molecule has 0 aromatic carbocycles. The summed E-state index contributed by atoms with van der Waals surface area (Å²) in [7, 11) is 0. The summed E-state index contributed by atoms with van der Waals surface area (Å²) in [4.78, 5) is 22.8. The maximum Gasteiger partial charge on any atom is 0.314 e. The molecule has 5 nitrogen and oxygen atoms in total. The molecule has 21 heavy (non-hydrogen) atoms. The van der Waals surface area contributed by atoms with E-state index in [0.29, 0.717) is 19.4 Å². The van der Waals surface area contributed by atoms with E-state index in [4.69, 9.17) is 5.11 Å². The Morgan fingerprint density at radius 1 is 1.10 bits per heavy atom. The molecule has 0 aromatic heterocycles. The van der Waals surface area contributed by atoms with Crippen LogP contribution in [0.1, 0.15) is 65.2 Å². The molecule has 2 amide bonds. The summed E-state index contributed by atoms with van der Waals surface area (Å²) >= 11 is 0. The van der Waals surface area contributed by atoms with Crippen LogP contribution in [0.4, 0.5) is 4.79 Å². The van der Waals surface area contributed by atoms with Crippen molar-refractivity contribution in [3.63, 3.8) is 0 Å². The van der Waals surface area contributed by atoms with Crippen LogP contribution in [0.25, 0.3) is 0 Å². The van der Waals surface area contributed by atoms with Crippen molar-refractivity contribution in [1.82, 2.24) is 10.6 Å². The van der Waals surface area contributed by atoms with Gasteiger partial charge in [-0.3, -0.25) is 4.79 Å². The summed E-state index contributed by atoms with van der Waals surface area (Å²) < 4.78 is 0. The number of urea groups is 1. The number of nitrogens with one attached hydrogen (secondary N) is 2. The highest BCUT2D eigenvalue weighted by atomic mass is 16.4. The van der Waals surface area contributed by atoms with Crippen LogP contribution in [-0.4, -0.2) is 30.2 Å². The number of rotatable bonds is 10. The first-order chi connectivity index (χ1) is 9.96. The van der Waals surface area contributed by atoms with Gasteiger partial charge >= 0.3 is 12.0 Å². The third kappa shape index (κ3) is 6.36. The second-order valence-electron chi connectivity index (χ2n) is 6.65. The number of hydrogen-bond acceptors (Lipinski definition) is 2. The van der Waals surface area contributed by atoms with E-state index in [1.807, 2.05) is 0 Å². The maximum atomic E-state index is 11.6. The first-order valence-electron chi connectivity index (χ1n) is 8.21. The summed E-state index contributed by atoms with van der Waals surface area (Å²) in [6.45, 7) is 5.37. The molecule has 1 aliphatic rings. The van der Waals surface area contributed by atoms with Crippen molar-refractivity contribution in [2.24, 2.45) is 11.3 Å². The zero-order valence-corrected chi connectivity index (χ0v) is 13.4. The minimum atomic E-state index is -0.792. The van der Waals surface area contributed by atoms with Gasteiger partial charge in [0, 0.05) is 13.1 Å². The van der Waals surface area contributed by atoms with Crippen molar-refractivity contribution in [2.45, 2.75) is 65.2 Å². The number of aliphatic carboxylic acids is 1. The molecule has 0 heterocycles. The van der Waals surface area contributed by atoms with Gasteiger partial charge in [0.2, 0.25) is 0 Å². The Kier molecular flexibility index (Phi) is 7.54. The van der Waals surface area contributed by atoms with Gasteiger partial charge in [0.1, 0.15) is 0 Å². The van der Waals surface area contributed by atoms with Gasteiger partial charge in [-0.1, -0.05) is 46.0 Å². The van der Waals surface area contributed by atoms with Crippen molar-refractivity contribution in [3.8, 4) is 0 Å². The molecule has 0 atom stereocenters. The quantitative estimate of drug-likeness (QED) is 0.542. The highest BCUT2D eigenvalue weighted by Crippen LogP contribution is 2.40. The zero-order valence-electron chi connectivity index (χ0n) is 13.4. The number of carboxylic acids is 1. The first kappa shape index (κ1) is 17.8. The summed E-state index contributed by atoms with van der Waals surface area (Å²) in [6, 6.07) is -0.246. The molecule has 1 saturated carbocycles. The van der Waals surface area contributed by atoms with Crippen molar-refractivity contribution >= 4 is 12.0 Å². The molecule has 0 spiro atoms. The molecule has 1 fully saturated rings. The summed E-state index contributed by atoms with van der Waals surface area (Å²) in [6.07, 6.45) is 8.12. The molecule has 0 bridgehead atoms. The lowest BCUT2D eigenvalue weighted by Gasteiger charge is -2.37. The van der Waals surface area contributed by atoms with E-state index in [9.17, 15) is 9.59 Å². The Balaban J connectivity index is 2.00. The SMILES string of the molecule is CC(C)CCCCCCNC(=O)NCC1(C(=O)O)CCC1. The molecule has 5 heteroatoms. The van der Waals surface area contributed by atoms with E-state index >= 15 is 0 Å². The average Bonchev–Trinajstić information content (AvgIpc) is 2.35. The van der Waals surface area contributed by atoms with Crippen LogP contribution < -0.4 is 10.6 Å². The van der Waals surface area contributed by atoms with E-state index in [2.05, 4.69) is 24.5 Å². The van der Waals surface area contributed by atoms with Gasteiger partial charge in [0.15, 0.2) is 0 Å². The second kappa shape index (κ2) is 8.90. The van der Waals surface area contributed by atoms with Crippen molar-refractivity contribution in [2.75, 3.05) is 13.1 Å². The molecule has 1 aliphatic carbocycles. The standard InChI is InChI=1S/C16H30N2O3/c1-13(2)8-5-3-4-6-11-17-15(21)18-12-16(14(19)20)9-7-10-16/h13H,3-12H2,1-2H3,(H,19,20)(H2,17,18,21). The Morgan fingerprint density at radius 2 is 1.76 bits per heavy atom. The van der Waals surface area contributed by atoms with Gasteiger partial charge in [-0.05, 0) is 25.2 Å². The Bertz CT molecular complexity index is 338. The molecule has 3 N–H and O–H groups in total. The predicted octanol–water partition coefficient (Wildman–Crippen LogP) is 3.15. The van der Waals surface area contributed by atoms with Gasteiger partial charge in [-0.2, -0.15) is 0 Å². The molecule has 0 aliphatic heterocycles. The Labute approximate surface area is 127 Å². The largest absolute Gasteiger partial charge is 0.481 e.